The molecule has 0 aliphatic rings. The van der Waals surface area contributed by atoms with Gasteiger partial charge in [0.15, 0.2) is 5.65 Å². The number of aromatic nitrogens is 5. The first-order chi connectivity index (χ1) is 15.4. The number of aliphatic hydroxyl groups is 2. The molecule has 0 unspecified atom stereocenters. The number of ether oxygens (including phenoxy) is 1. The van der Waals surface area contributed by atoms with Crippen molar-refractivity contribution in [2.45, 2.75) is 25.7 Å². The zero-order valence-electron chi connectivity index (χ0n) is 17.3. The Hall–Kier alpha value is -3.47. The summed E-state index contributed by atoms with van der Waals surface area (Å²) < 4.78 is 8.38. The number of amides is 1. The summed E-state index contributed by atoms with van der Waals surface area (Å²) in [6, 6.07) is 6.76. The number of carbonyl (C=O) groups excluding carboxylic acids is 1. The second-order valence-corrected chi connectivity index (χ2v) is 7.60. The van der Waals surface area contributed by atoms with Gasteiger partial charge < -0.3 is 20.3 Å². The molecule has 0 aliphatic carbocycles. The van der Waals surface area contributed by atoms with Gasteiger partial charge in [-0.25, -0.2) is 9.50 Å². The second kappa shape index (κ2) is 8.95. The molecular weight excluding hydrogens is 436 g/mol. The monoisotopic (exact) mass is 456 g/mol. The predicted molar refractivity (Wildman–Crippen MR) is 118 cm³/mol. The van der Waals surface area contributed by atoms with Gasteiger partial charge in [-0.3, -0.25) is 9.48 Å². The number of rotatable bonds is 7. The van der Waals surface area contributed by atoms with E-state index in [0.717, 1.165) is 0 Å². The van der Waals surface area contributed by atoms with Gasteiger partial charge >= 0.3 is 0 Å². The third-order valence-electron chi connectivity index (χ3n) is 4.88. The molecule has 3 aromatic heterocycles. The Labute approximate surface area is 188 Å². The molecule has 0 radical (unpaired) electrons. The summed E-state index contributed by atoms with van der Waals surface area (Å²) in [4.78, 5) is 17.3. The highest BCUT2D eigenvalue weighted by molar-refractivity contribution is 6.31. The van der Waals surface area contributed by atoms with Crippen LogP contribution in [0.3, 0.4) is 0 Å². The van der Waals surface area contributed by atoms with Crippen LogP contribution in [0.2, 0.25) is 5.02 Å². The Morgan fingerprint density at radius 1 is 1.34 bits per heavy atom. The summed E-state index contributed by atoms with van der Waals surface area (Å²) >= 11 is 6.19. The molecule has 0 aliphatic heterocycles. The lowest BCUT2D eigenvalue weighted by atomic mass is 10.1. The number of hydrogen-bond donors (Lipinski definition) is 3. The molecule has 4 rings (SSSR count). The fourth-order valence-electron chi connectivity index (χ4n) is 3.19. The van der Waals surface area contributed by atoms with E-state index >= 15 is 0 Å². The van der Waals surface area contributed by atoms with E-state index < -0.39 is 18.1 Å². The van der Waals surface area contributed by atoms with E-state index in [2.05, 4.69) is 20.5 Å². The molecule has 3 N–H and O–H groups in total. The van der Waals surface area contributed by atoms with Crippen molar-refractivity contribution < 1.29 is 19.7 Å². The van der Waals surface area contributed by atoms with Crippen molar-refractivity contribution in [2.24, 2.45) is 0 Å². The van der Waals surface area contributed by atoms with Crippen LogP contribution in [0.4, 0.5) is 5.69 Å². The summed E-state index contributed by atoms with van der Waals surface area (Å²) in [6.45, 7) is 1.50. The smallest absolute Gasteiger partial charge is 0.261 e. The zero-order valence-corrected chi connectivity index (χ0v) is 18.1. The van der Waals surface area contributed by atoms with Gasteiger partial charge in [0, 0.05) is 29.2 Å². The lowest BCUT2D eigenvalue weighted by Gasteiger charge is -2.13. The molecule has 1 amide bonds. The van der Waals surface area contributed by atoms with Crippen LogP contribution in [0.1, 0.15) is 17.3 Å². The number of nitrogens with zero attached hydrogens (tertiary/aromatic N) is 5. The quantitative estimate of drug-likeness (QED) is 0.389. The second-order valence-electron chi connectivity index (χ2n) is 7.17. The van der Waals surface area contributed by atoms with Gasteiger partial charge in [-0.1, -0.05) is 11.6 Å². The number of anilines is 1. The molecule has 0 spiro atoms. The molecule has 166 valence electrons. The molecule has 11 heteroatoms. The Morgan fingerprint density at radius 3 is 2.91 bits per heavy atom. The van der Waals surface area contributed by atoms with Gasteiger partial charge in [-0.05, 0) is 31.2 Å². The van der Waals surface area contributed by atoms with E-state index in [-0.39, 0.29) is 12.1 Å². The van der Waals surface area contributed by atoms with E-state index in [1.807, 2.05) is 0 Å². The third kappa shape index (κ3) is 4.28. The number of nitrogens with one attached hydrogen (secondary N) is 1. The van der Waals surface area contributed by atoms with Crippen molar-refractivity contribution in [3.63, 3.8) is 0 Å². The summed E-state index contributed by atoms with van der Waals surface area (Å²) in [5, 5.41) is 31.7. The number of fused-ring (bicyclic) bond motifs is 1. The highest BCUT2D eigenvalue weighted by Crippen LogP contribution is 2.36. The molecule has 1 aromatic carbocycles. The number of methoxy groups -OCH3 is 1. The van der Waals surface area contributed by atoms with Crippen LogP contribution in [-0.2, 0) is 6.54 Å². The molecule has 3 heterocycles. The average Bonchev–Trinajstić information content (AvgIpc) is 3.37. The molecule has 4 aromatic rings. The van der Waals surface area contributed by atoms with Gasteiger partial charge in [-0.2, -0.15) is 10.2 Å². The first kappa shape index (κ1) is 21.8. The average molecular weight is 457 g/mol. The van der Waals surface area contributed by atoms with Gasteiger partial charge in [0.25, 0.3) is 5.91 Å². The SMILES string of the molecule is COc1ccc(Cl)cc1-c1nn(C[C@H](O)[C@H](C)O)cc1NC(=O)c1cnn2cccnc12. The first-order valence-corrected chi connectivity index (χ1v) is 10.1. The van der Waals surface area contributed by atoms with Crippen molar-refractivity contribution in [3.05, 3.63) is 59.6 Å². The van der Waals surface area contributed by atoms with Crippen LogP contribution in [0.25, 0.3) is 16.9 Å². The number of hydrogen-bond acceptors (Lipinski definition) is 7. The lowest BCUT2D eigenvalue weighted by molar-refractivity contribution is 0.0187. The minimum Gasteiger partial charge on any atom is -0.496 e. The van der Waals surface area contributed by atoms with Gasteiger partial charge in [-0.15, -0.1) is 0 Å². The summed E-state index contributed by atoms with van der Waals surface area (Å²) in [5.41, 5.74) is 2.00. The Balaban J connectivity index is 1.75. The fourth-order valence-corrected chi connectivity index (χ4v) is 3.36. The molecule has 2 atom stereocenters. The van der Waals surface area contributed by atoms with E-state index in [9.17, 15) is 15.0 Å². The van der Waals surface area contributed by atoms with Crippen LogP contribution >= 0.6 is 11.6 Å². The molecule has 0 saturated heterocycles. The Kier molecular flexibility index (Phi) is 6.08. The van der Waals surface area contributed by atoms with Crippen molar-refractivity contribution in [2.75, 3.05) is 12.4 Å². The zero-order chi connectivity index (χ0) is 22.8. The molecule has 0 saturated carbocycles. The number of benzene rings is 1. The molecule has 0 bridgehead atoms. The maximum Gasteiger partial charge on any atom is 0.261 e. The Morgan fingerprint density at radius 2 is 2.16 bits per heavy atom. The summed E-state index contributed by atoms with van der Waals surface area (Å²) in [7, 11) is 1.52. The number of aliphatic hydroxyl groups excluding tert-OH is 2. The number of halogens is 1. The van der Waals surface area contributed by atoms with Crippen LogP contribution in [0.5, 0.6) is 5.75 Å². The van der Waals surface area contributed by atoms with Crippen LogP contribution in [0.15, 0.2) is 49.1 Å². The van der Waals surface area contributed by atoms with Gasteiger partial charge in [0.2, 0.25) is 0 Å². The van der Waals surface area contributed by atoms with Crippen molar-refractivity contribution in [3.8, 4) is 17.0 Å². The largest absolute Gasteiger partial charge is 0.496 e. The third-order valence-corrected chi connectivity index (χ3v) is 5.12. The minimum absolute atomic E-state index is 0.0156. The standard InChI is InChI=1S/C21H21ClN6O4/c1-12(29)17(30)11-27-10-16(19(26-27)14-8-13(22)4-5-18(14)32-2)25-21(31)15-9-24-28-7-3-6-23-20(15)28/h3-10,12,17,29-30H,11H2,1-2H3,(H,25,31)/t12-,17-/m0/s1. The highest BCUT2D eigenvalue weighted by Gasteiger charge is 2.22. The topological polar surface area (TPSA) is 127 Å². The maximum absolute atomic E-state index is 13.0. The normalized spacial score (nSPS) is 13.2. The molecular formula is C21H21ClN6O4. The molecule has 10 nitrogen and oxygen atoms in total. The summed E-state index contributed by atoms with van der Waals surface area (Å²) in [6.07, 6.45) is 4.27. The van der Waals surface area contributed by atoms with Crippen LogP contribution < -0.4 is 10.1 Å². The highest BCUT2D eigenvalue weighted by atomic mass is 35.5. The lowest BCUT2D eigenvalue weighted by Crippen LogP contribution is -2.27. The first-order valence-electron chi connectivity index (χ1n) is 9.74. The summed E-state index contributed by atoms with van der Waals surface area (Å²) in [5.74, 6) is 0.0699. The van der Waals surface area contributed by atoms with Crippen molar-refractivity contribution >= 4 is 28.8 Å². The maximum atomic E-state index is 13.0. The van der Waals surface area contributed by atoms with Gasteiger partial charge in [0.1, 0.15) is 17.0 Å². The van der Waals surface area contributed by atoms with Crippen LogP contribution in [-0.4, -0.2) is 59.8 Å². The van der Waals surface area contributed by atoms with E-state index in [4.69, 9.17) is 16.3 Å². The van der Waals surface area contributed by atoms with E-state index in [0.29, 0.717) is 33.4 Å². The number of carbonyl (C=O) groups is 1. The Bertz CT molecular complexity index is 1270. The van der Waals surface area contributed by atoms with Crippen molar-refractivity contribution in [1.29, 1.82) is 0 Å². The van der Waals surface area contributed by atoms with Crippen molar-refractivity contribution in [1.82, 2.24) is 24.4 Å². The minimum atomic E-state index is -1.05. The van der Waals surface area contributed by atoms with E-state index in [1.54, 1.807) is 42.9 Å². The fraction of sp³-hybridized carbons (Fsp3) is 0.238. The van der Waals surface area contributed by atoms with Gasteiger partial charge in [0.05, 0.1) is 37.7 Å². The van der Waals surface area contributed by atoms with Crippen LogP contribution in [0, 0.1) is 0 Å². The predicted octanol–water partition coefficient (Wildman–Crippen LogP) is 2.25. The molecule has 32 heavy (non-hydrogen) atoms. The molecule has 0 fully saturated rings. The van der Waals surface area contributed by atoms with E-state index in [1.165, 1.54) is 29.4 Å².